The van der Waals surface area contributed by atoms with Gasteiger partial charge in [0.25, 0.3) is 0 Å². The van der Waals surface area contributed by atoms with Crippen LogP contribution >= 0.6 is 0 Å². The van der Waals surface area contributed by atoms with Crippen LogP contribution in [-0.2, 0) is 10.0 Å². The molecule has 1 aliphatic rings. The summed E-state index contributed by atoms with van der Waals surface area (Å²) in [5, 5.41) is 0. The predicted octanol–water partition coefficient (Wildman–Crippen LogP) is 2.70. The first-order valence-electron chi connectivity index (χ1n) is 8.74. The Hall–Kier alpha value is -2.13. The summed E-state index contributed by atoms with van der Waals surface area (Å²) in [5.74, 6) is -0.196. The highest BCUT2D eigenvalue weighted by Crippen LogP contribution is 2.23. The molecular formula is C18H22F2N4O2S. The van der Waals surface area contributed by atoms with Crippen molar-refractivity contribution in [2.24, 2.45) is 0 Å². The van der Waals surface area contributed by atoms with Crippen LogP contribution in [0.15, 0.2) is 29.2 Å². The summed E-state index contributed by atoms with van der Waals surface area (Å²) < 4.78 is 53.6. The summed E-state index contributed by atoms with van der Waals surface area (Å²) >= 11 is 0. The van der Waals surface area contributed by atoms with E-state index in [0.717, 1.165) is 29.5 Å². The molecule has 0 unspecified atom stereocenters. The molecule has 1 aromatic carbocycles. The summed E-state index contributed by atoms with van der Waals surface area (Å²) in [6.07, 6.45) is 0. The van der Waals surface area contributed by atoms with Crippen molar-refractivity contribution >= 4 is 15.8 Å². The second-order valence-corrected chi connectivity index (χ2v) is 8.75. The lowest BCUT2D eigenvalue weighted by atomic mass is 10.2. The van der Waals surface area contributed by atoms with Crippen molar-refractivity contribution in [3.05, 3.63) is 47.4 Å². The third-order valence-corrected chi connectivity index (χ3v) is 6.38. The van der Waals surface area contributed by atoms with Crippen molar-refractivity contribution in [3.8, 4) is 0 Å². The minimum atomic E-state index is -4.01. The van der Waals surface area contributed by atoms with Gasteiger partial charge >= 0.3 is 0 Å². The molecule has 3 rings (SSSR count). The smallest absolute Gasteiger partial charge is 0.246 e. The second kappa shape index (κ2) is 7.47. The van der Waals surface area contributed by atoms with Crippen molar-refractivity contribution in [2.75, 3.05) is 31.1 Å². The Morgan fingerprint density at radius 1 is 1.04 bits per heavy atom. The van der Waals surface area contributed by atoms with Gasteiger partial charge in [0, 0.05) is 49.9 Å². The molecule has 9 heteroatoms. The maximum Gasteiger partial charge on any atom is 0.246 e. The quantitative estimate of drug-likeness (QED) is 0.795. The van der Waals surface area contributed by atoms with Gasteiger partial charge in [0.05, 0.1) is 0 Å². The molecule has 0 saturated carbocycles. The van der Waals surface area contributed by atoms with Crippen LogP contribution in [0.25, 0.3) is 0 Å². The largest absolute Gasteiger partial charge is 0.354 e. The second-order valence-electron chi connectivity index (χ2n) is 6.85. The Balaban J connectivity index is 1.77. The first-order valence-corrected chi connectivity index (χ1v) is 10.2. The van der Waals surface area contributed by atoms with Gasteiger partial charge in [-0.3, -0.25) is 0 Å². The van der Waals surface area contributed by atoms with Crippen LogP contribution in [0.2, 0.25) is 0 Å². The molecule has 0 radical (unpaired) electrons. The molecule has 1 fully saturated rings. The maximum atomic E-state index is 13.9. The van der Waals surface area contributed by atoms with Crippen molar-refractivity contribution in [1.82, 2.24) is 14.3 Å². The fraction of sp³-hybridized carbons (Fsp3) is 0.444. The highest BCUT2D eigenvalue weighted by molar-refractivity contribution is 7.89. The van der Waals surface area contributed by atoms with Gasteiger partial charge in [-0.1, -0.05) is 13.8 Å². The fourth-order valence-corrected chi connectivity index (χ4v) is 4.44. The van der Waals surface area contributed by atoms with Gasteiger partial charge in [-0.2, -0.15) is 4.31 Å². The van der Waals surface area contributed by atoms with Gasteiger partial charge < -0.3 is 4.90 Å². The number of nitrogens with zero attached hydrogens (tertiary/aromatic N) is 4. The molecule has 1 aliphatic heterocycles. The number of rotatable bonds is 4. The Bertz CT molecular complexity index is 942. The zero-order valence-corrected chi connectivity index (χ0v) is 16.3. The van der Waals surface area contributed by atoms with Gasteiger partial charge in [0.1, 0.15) is 28.2 Å². The lowest BCUT2D eigenvalue weighted by Crippen LogP contribution is -2.49. The number of hydrogen-bond acceptors (Lipinski definition) is 5. The third kappa shape index (κ3) is 4.08. The summed E-state index contributed by atoms with van der Waals surface area (Å²) in [7, 11) is -4.01. The fourth-order valence-electron chi connectivity index (χ4n) is 2.98. The molecule has 0 aliphatic carbocycles. The van der Waals surface area contributed by atoms with E-state index in [1.807, 2.05) is 31.7 Å². The van der Waals surface area contributed by atoms with Crippen LogP contribution in [0.4, 0.5) is 14.6 Å². The maximum absolute atomic E-state index is 13.9. The molecule has 27 heavy (non-hydrogen) atoms. The molecule has 0 amide bonds. The number of hydrogen-bond donors (Lipinski definition) is 0. The van der Waals surface area contributed by atoms with Gasteiger partial charge in [-0.15, -0.1) is 0 Å². The molecule has 0 bridgehead atoms. The van der Waals surface area contributed by atoms with Crippen molar-refractivity contribution in [3.63, 3.8) is 0 Å². The average molecular weight is 396 g/mol. The topological polar surface area (TPSA) is 66.4 Å². The average Bonchev–Trinajstić information content (AvgIpc) is 2.61. The van der Waals surface area contributed by atoms with E-state index in [0.29, 0.717) is 19.2 Å². The lowest BCUT2D eigenvalue weighted by Gasteiger charge is -2.35. The van der Waals surface area contributed by atoms with Crippen LogP contribution in [0.5, 0.6) is 0 Å². The molecule has 6 nitrogen and oxygen atoms in total. The molecule has 0 spiro atoms. The number of halogens is 2. The molecule has 2 heterocycles. The summed E-state index contributed by atoms with van der Waals surface area (Å²) in [6, 6.07) is 4.37. The molecule has 0 N–H and O–H groups in total. The summed E-state index contributed by atoms with van der Waals surface area (Å²) in [6.45, 7) is 7.17. The van der Waals surface area contributed by atoms with Crippen LogP contribution in [0, 0.1) is 18.6 Å². The molecular weight excluding hydrogens is 374 g/mol. The van der Waals surface area contributed by atoms with E-state index in [9.17, 15) is 17.2 Å². The van der Waals surface area contributed by atoms with Crippen molar-refractivity contribution < 1.29 is 17.2 Å². The van der Waals surface area contributed by atoms with Crippen LogP contribution in [-0.4, -0.2) is 48.9 Å². The normalized spacial score (nSPS) is 16.1. The number of sulfonamides is 1. The van der Waals surface area contributed by atoms with Crippen molar-refractivity contribution in [1.29, 1.82) is 0 Å². The van der Waals surface area contributed by atoms with E-state index in [4.69, 9.17) is 0 Å². The minimum Gasteiger partial charge on any atom is -0.354 e. The van der Waals surface area contributed by atoms with E-state index < -0.39 is 26.6 Å². The molecule has 1 saturated heterocycles. The molecule has 0 atom stereocenters. The van der Waals surface area contributed by atoms with E-state index in [1.165, 1.54) is 4.31 Å². The Morgan fingerprint density at radius 2 is 1.70 bits per heavy atom. The number of piperazine rings is 1. The first-order chi connectivity index (χ1) is 12.7. The molecule has 1 aromatic heterocycles. The SMILES string of the molecule is Cc1cc(N2CCN(S(=O)(=O)c3ccc(F)cc3F)CC2)nc(C(C)C)n1. The van der Waals surface area contributed by atoms with Gasteiger partial charge in [-0.25, -0.2) is 27.2 Å². The van der Waals surface area contributed by atoms with Gasteiger partial charge in [0.2, 0.25) is 10.0 Å². The van der Waals surface area contributed by atoms with E-state index in [1.54, 1.807) is 0 Å². The van der Waals surface area contributed by atoms with Crippen LogP contribution in [0.1, 0.15) is 31.3 Å². The monoisotopic (exact) mass is 396 g/mol. The Morgan fingerprint density at radius 3 is 2.30 bits per heavy atom. The number of aromatic nitrogens is 2. The minimum absolute atomic E-state index is 0.187. The van der Waals surface area contributed by atoms with Gasteiger partial charge in [-0.05, 0) is 19.1 Å². The summed E-state index contributed by atoms with van der Waals surface area (Å²) in [4.78, 5) is 10.5. The first kappa shape index (κ1) is 19.6. The lowest BCUT2D eigenvalue weighted by molar-refractivity contribution is 0.381. The predicted molar refractivity (Wildman–Crippen MR) is 98.2 cm³/mol. The molecule has 2 aromatic rings. The van der Waals surface area contributed by atoms with Crippen LogP contribution in [0.3, 0.4) is 0 Å². The van der Waals surface area contributed by atoms with E-state index in [2.05, 4.69) is 9.97 Å². The molecule has 146 valence electrons. The highest BCUT2D eigenvalue weighted by atomic mass is 32.2. The van der Waals surface area contributed by atoms with Gasteiger partial charge in [0.15, 0.2) is 0 Å². The Labute approximate surface area is 157 Å². The summed E-state index contributed by atoms with van der Waals surface area (Å²) in [5.41, 5.74) is 0.854. The zero-order chi connectivity index (χ0) is 19.8. The number of anilines is 1. The van der Waals surface area contributed by atoms with Crippen molar-refractivity contribution in [2.45, 2.75) is 31.6 Å². The third-order valence-electron chi connectivity index (χ3n) is 4.45. The van der Waals surface area contributed by atoms with E-state index >= 15 is 0 Å². The standard InChI is InChI=1S/C18H22F2N4O2S/c1-12(2)18-21-13(3)10-17(22-18)23-6-8-24(9-7-23)27(25,26)16-5-4-14(19)11-15(16)20/h4-5,10-12H,6-9H2,1-3H3. The number of benzene rings is 1. The highest BCUT2D eigenvalue weighted by Gasteiger charge is 2.31. The zero-order valence-electron chi connectivity index (χ0n) is 15.5. The van der Waals surface area contributed by atoms with E-state index in [-0.39, 0.29) is 19.0 Å². The van der Waals surface area contributed by atoms with Crippen LogP contribution < -0.4 is 4.90 Å². The number of aryl methyl sites for hydroxylation is 1. The Kier molecular flexibility index (Phi) is 5.43.